The highest BCUT2D eigenvalue weighted by Crippen LogP contribution is 2.32. The van der Waals surface area contributed by atoms with Gasteiger partial charge < -0.3 is 0 Å². The van der Waals surface area contributed by atoms with Crippen LogP contribution in [-0.2, 0) is 0 Å². The quantitative estimate of drug-likeness (QED) is 0.350. The highest BCUT2D eigenvalue weighted by atomic mass is 14.3. The zero-order chi connectivity index (χ0) is 15.5. The molecule has 0 aliphatic carbocycles. The molecule has 0 aliphatic heterocycles. The smallest absolute Gasteiger partial charge is 0.0320 e. The molecule has 0 heterocycles. The van der Waals surface area contributed by atoms with Crippen LogP contribution in [0.2, 0.25) is 0 Å². The van der Waals surface area contributed by atoms with Gasteiger partial charge in [0.25, 0.3) is 0 Å². The van der Waals surface area contributed by atoms with Crippen LogP contribution in [0.5, 0.6) is 0 Å². The third kappa shape index (κ3) is 8.12. The van der Waals surface area contributed by atoms with Gasteiger partial charge in [0.1, 0.15) is 0 Å². The van der Waals surface area contributed by atoms with Crippen LogP contribution in [-0.4, -0.2) is 0 Å². The van der Waals surface area contributed by atoms with Crippen molar-refractivity contribution >= 4 is 0 Å². The van der Waals surface area contributed by atoms with Gasteiger partial charge in [-0.2, -0.15) is 0 Å². The van der Waals surface area contributed by atoms with E-state index in [0.717, 1.165) is 23.7 Å². The van der Waals surface area contributed by atoms with Crippen LogP contribution in [0.25, 0.3) is 0 Å². The molecule has 0 aromatic carbocycles. The summed E-state index contributed by atoms with van der Waals surface area (Å²) < 4.78 is 0. The van der Waals surface area contributed by atoms with E-state index in [9.17, 15) is 0 Å². The van der Waals surface area contributed by atoms with Crippen molar-refractivity contribution in [2.75, 3.05) is 0 Å². The van der Waals surface area contributed by atoms with E-state index in [2.05, 4.69) is 54.5 Å². The SMILES string of the molecule is CC=C(C)CCC(C(C)CC)C(C)CCCC(C)CC. The van der Waals surface area contributed by atoms with Crippen molar-refractivity contribution < 1.29 is 0 Å². The minimum atomic E-state index is 0.873. The van der Waals surface area contributed by atoms with Crippen LogP contribution in [0.1, 0.15) is 93.4 Å². The van der Waals surface area contributed by atoms with Gasteiger partial charge in [-0.15, -0.1) is 0 Å². The molecule has 0 heteroatoms. The monoisotopic (exact) mass is 280 g/mol. The van der Waals surface area contributed by atoms with Crippen molar-refractivity contribution in [3.05, 3.63) is 11.6 Å². The molecule has 0 aromatic rings. The van der Waals surface area contributed by atoms with Gasteiger partial charge in [-0.25, -0.2) is 0 Å². The van der Waals surface area contributed by atoms with Crippen LogP contribution in [0, 0.1) is 23.7 Å². The molecule has 0 radical (unpaired) electrons. The van der Waals surface area contributed by atoms with Crippen molar-refractivity contribution in [3.63, 3.8) is 0 Å². The Hall–Kier alpha value is -0.260. The average Bonchev–Trinajstić information content (AvgIpc) is 2.46. The second kappa shape index (κ2) is 11.4. The fourth-order valence-corrected chi connectivity index (χ4v) is 3.18. The maximum Gasteiger partial charge on any atom is -0.0320 e. The van der Waals surface area contributed by atoms with Gasteiger partial charge in [0.15, 0.2) is 0 Å². The Morgan fingerprint density at radius 2 is 1.55 bits per heavy atom. The molecule has 0 saturated carbocycles. The lowest BCUT2D eigenvalue weighted by atomic mass is 9.76. The molecule has 4 atom stereocenters. The standard InChI is InChI=1S/C20H40/c1-8-16(4)12-11-13-19(7)20(18(6)10-3)15-14-17(5)9-2/h9,16,18-20H,8,10-15H2,1-7H3. The second-order valence-corrected chi connectivity index (χ2v) is 7.14. The Labute approximate surface area is 129 Å². The van der Waals surface area contributed by atoms with Crippen molar-refractivity contribution in [1.29, 1.82) is 0 Å². The summed E-state index contributed by atoms with van der Waals surface area (Å²) in [4.78, 5) is 0. The van der Waals surface area contributed by atoms with Gasteiger partial charge in [0.05, 0.1) is 0 Å². The zero-order valence-electron chi connectivity index (χ0n) is 15.3. The van der Waals surface area contributed by atoms with Gasteiger partial charge >= 0.3 is 0 Å². The van der Waals surface area contributed by atoms with E-state index in [1.807, 2.05) is 0 Å². The average molecular weight is 281 g/mol. The largest absolute Gasteiger partial charge is 0.0887 e. The summed E-state index contributed by atoms with van der Waals surface area (Å²) >= 11 is 0. The fourth-order valence-electron chi connectivity index (χ4n) is 3.18. The fraction of sp³-hybridized carbons (Fsp3) is 0.900. The van der Waals surface area contributed by atoms with Gasteiger partial charge in [-0.1, -0.05) is 78.4 Å². The molecular formula is C20H40. The Morgan fingerprint density at radius 3 is 2.05 bits per heavy atom. The summed E-state index contributed by atoms with van der Waals surface area (Å²) in [5, 5.41) is 0. The lowest BCUT2D eigenvalue weighted by Gasteiger charge is -2.30. The van der Waals surface area contributed by atoms with Crippen LogP contribution in [0.3, 0.4) is 0 Å². The molecule has 120 valence electrons. The van der Waals surface area contributed by atoms with E-state index in [4.69, 9.17) is 0 Å². The molecule has 0 rings (SSSR count). The molecule has 0 saturated heterocycles. The van der Waals surface area contributed by atoms with Crippen LogP contribution in [0.15, 0.2) is 11.6 Å². The Kier molecular flexibility index (Phi) is 11.3. The molecular weight excluding hydrogens is 240 g/mol. The molecule has 0 aromatic heterocycles. The van der Waals surface area contributed by atoms with E-state index in [1.165, 1.54) is 44.9 Å². The number of hydrogen-bond acceptors (Lipinski definition) is 0. The van der Waals surface area contributed by atoms with E-state index >= 15 is 0 Å². The lowest BCUT2D eigenvalue weighted by molar-refractivity contribution is 0.216. The number of hydrogen-bond donors (Lipinski definition) is 0. The Bertz CT molecular complexity index is 251. The first-order chi connectivity index (χ1) is 9.46. The van der Waals surface area contributed by atoms with Crippen molar-refractivity contribution in [3.8, 4) is 0 Å². The minimum Gasteiger partial charge on any atom is -0.0887 e. The first kappa shape index (κ1) is 19.7. The maximum absolute atomic E-state index is 2.50. The normalized spacial score (nSPS) is 18.6. The van der Waals surface area contributed by atoms with Crippen molar-refractivity contribution in [1.82, 2.24) is 0 Å². The maximum atomic E-state index is 2.50. The molecule has 0 bridgehead atoms. The van der Waals surface area contributed by atoms with Gasteiger partial charge in [0.2, 0.25) is 0 Å². The zero-order valence-corrected chi connectivity index (χ0v) is 15.3. The topological polar surface area (TPSA) is 0 Å². The van der Waals surface area contributed by atoms with Gasteiger partial charge in [0, 0.05) is 0 Å². The number of rotatable bonds is 11. The highest BCUT2D eigenvalue weighted by Gasteiger charge is 2.22. The third-order valence-corrected chi connectivity index (χ3v) is 5.52. The third-order valence-electron chi connectivity index (χ3n) is 5.52. The Morgan fingerprint density at radius 1 is 0.900 bits per heavy atom. The minimum absolute atomic E-state index is 0.873. The van der Waals surface area contributed by atoms with Crippen LogP contribution >= 0.6 is 0 Å². The number of allylic oxidation sites excluding steroid dienone is 2. The highest BCUT2D eigenvalue weighted by molar-refractivity contribution is 4.96. The summed E-state index contributed by atoms with van der Waals surface area (Å²) in [5.74, 6) is 3.58. The first-order valence-electron chi connectivity index (χ1n) is 9.07. The Balaban J connectivity index is 4.30. The molecule has 0 N–H and O–H groups in total. The molecule has 4 unspecified atom stereocenters. The predicted molar refractivity (Wildman–Crippen MR) is 94.1 cm³/mol. The summed E-state index contributed by atoms with van der Waals surface area (Å²) in [6, 6.07) is 0. The second-order valence-electron chi connectivity index (χ2n) is 7.14. The van der Waals surface area contributed by atoms with E-state index < -0.39 is 0 Å². The molecule has 0 fully saturated rings. The van der Waals surface area contributed by atoms with Crippen molar-refractivity contribution in [2.24, 2.45) is 23.7 Å². The van der Waals surface area contributed by atoms with E-state index in [1.54, 1.807) is 5.57 Å². The summed E-state index contributed by atoms with van der Waals surface area (Å²) in [6.45, 7) is 16.5. The molecule has 20 heavy (non-hydrogen) atoms. The molecule has 0 aliphatic rings. The van der Waals surface area contributed by atoms with Gasteiger partial charge in [-0.05, 0) is 50.4 Å². The molecule has 0 nitrogen and oxygen atoms in total. The van der Waals surface area contributed by atoms with Crippen LogP contribution < -0.4 is 0 Å². The lowest BCUT2D eigenvalue weighted by Crippen LogP contribution is -2.20. The van der Waals surface area contributed by atoms with Crippen molar-refractivity contribution in [2.45, 2.75) is 93.4 Å². The first-order valence-corrected chi connectivity index (χ1v) is 9.07. The predicted octanol–water partition coefficient (Wildman–Crippen LogP) is 7.25. The molecule has 0 amide bonds. The van der Waals surface area contributed by atoms with Gasteiger partial charge in [-0.3, -0.25) is 0 Å². The molecule has 0 spiro atoms. The van der Waals surface area contributed by atoms with E-state index in [-0.39, 0.29) is 0 Å². The van der Waals surface area contributed by atoms with Crippen LogP contribution in [0.4, 0.5) is 0 Å². The summed E-state index contributed by atoms with van der Waals surface area (Å²) in [6.07, 6.45) is 11.9. The summed E-state index contributed by atoms with van der Waals surface area (Å²) in [7, 11) is 0. The summed E-state index contributed by atoms with van der Waals surface area (Å²) in [5.41, 5.74) is 1.56. The van der Waals surface area contributed by atoms with E-state index in [0.29, 0.717) is 0 Å².